The van der Waals surface area contributed by atoms with Gasteiger partial charge in [-0.2, -0.15) is 0 Å². The molecule has 0 aromatic heterocycles. The lowest BCUT2D eigenvalue weighted by atomic mass is 9.91. The highest BCUT2D eigenvalue weighted by molar-refractivity contribution is 6.19. The molecule has 0 aliphatic rings. The topological polar surface area (TPSA) is 40.5 Å². The minimum atomic E-state index is 0.255. The van der Waals surface area contributed by atoms with E-state index in [0.717, 1.165) is 32.3 Å². The fourth-order valence-corrected chi connectivity index (χ4v) is 3.49. The van der Waals surface area contributed by atoms with Crippen LogP contribution in [0.3, 0.4) is 0 Å². The standard InChI is InChI=1S/C21H18O2/c1-12(2)15-9-10-20(23)21-17(15)8-7-16-18(21)6-4-13-3-5-14(22)11-19(13)16/h3-12,22-23H,1-2H3. The van der Waals surface area contributed by atoms with Crippen molar-refractivity contribution in [1.29, 1.82) is 0 Å². The van der Waals surface area contributed by atoms with Crippen molar-refractivity contribution in [2.24, 2.45) is 0 Å². The third-order valence-electron chi connectivity index (χ3n) is 4.61. The minimum Gasteiger partial charge on any atom is -0.508 e. The summed E-state index contributed by atoms with van der Waals surface area (Å²) in [4.78, 5) is 0. The van der Waals surface area contributed by atoms with Crippen molar-refractivity contribution >= 4 is 32.3 Å². The quantitative estimate of drug-likeness (QED) is 0.444. The van der Waals surface area contributed by atoms with E-state index in [2.05, 4.69) is 32.0 Å². The Bertz CT molecular complexity index is 1060. The van der Waals surface area contributed by atoms with Crippen LogP contribution in [0.25, 0.3) is 32.3 Å². The average molecular weight is 302 g/mol. The molecule has 0 saturated heterocycles. The van der Waals surface area contributed by atoms with Crippen LogP contribution in [0.5, 0.6) is 11.5 Å². The Morgan fingerprint density at radius 1 is 0.696 bits per heavy atom. The summed E-state index contributed by atoms with van der Waals surface area (Å²) in [5, 5.41) is 26.4. The highest BCUT2D eigenvalue weighted by Crippen LogP contribution is 2.39. The molecule has 0 spiro atoms. The summed E-state index contributed by atoms with van der Waals surface area (Å²) >= 11 is 0. The third kappa shape index (κ3) is 2.02. The van der Waals surface area contributed by atoms with Crippen molar-refractivity contribution in [3.05, 3.63) is 60.2 Å². The molecule has 2 heteroatoms. The number of fused-ring (bicyclic) bond motifs is 5. The van der Waals surface area contributed by atoms with Crippen molar-refractivity contribution in [3.8, 4) is 11.5 Å². The van der Waals surface area contributed by atoms with Crippen LogP contribution in [0.15, 0.2) is 54.6 Å². The Labute approximate surface area is 134 Å². The maximum atomic E-state index is 10.5. The third-order valence-corrected chi connectivity index (χ3v) is 4.61. The highest BCUT2D eigenvalue weighted by Gasteiger charge is 2.12. The molecule has 114 valence electrons. The maximum absolute atomic E-state index is 10.5. The van der Waals surface area contributed by atoms with E-state index < -0.39 is 0 Å². The fraction of sp³-hybridized carbons (Fsp3) is 0.143. The van der Waals surface area contributed by atoms with E-state index in [4.69, 9.17) is 0 Å². The van der Waals surface area contributed by atoms with Crippen LogP contribution in [0.2, 0.25) is 0 Å². The van der Waals surface area contributed by atoms with Gasteiger partial charge in [-0.1, -0.05) is 50.2 Å². The Morgan fingerprint density at radius 3 is 2.17 bits per heavy atom. The Kier molecular flexibility index (Phi) is 2.95. The second-order valence-corrected chi connectivity index (χ2v) is 6.38. The summed E-state index contributed by atoms with van der Waals surface area (Å²) in [7, 11) is 0. The number of benzene rings is 4. The van der Waals surface area contributed by atoms with Gasteiger partial charge in [-0.15, -0.1) is 0 Å². The van der Waals surface area contributed by atoms with Gasteiger partial charge in [-0.3, -0.25) is 0 Å². The average Bonchev–Trinajstić information content (AvgIpc) is 2.54. The van der Waals surface area contributed by atoms with E-state index in [0.29, 0.717) is 11.7 Å². The molecule has 0 unspecified atom stereocenters. The predicted octanol–water partition coefficient (Wildman–Crippen LogP) is 5.68. The van der Waals surface area contributed by atoms with Gasteiger partial charge in [0.15, 0.2) is 0 Å². The zero-order valence-corrected chi connectivity index (χ0v) is 13.2. The molecule has 0 fully saturated rings. The van der Waals surface area contributed by atoms with Gasteiger partial charge in [0.1, 0.15) is 11.5 Å². The Morgan fingerprint density at radius 2 is 1.39 bits per heavy atom. The Hall–Kier alpha value is -2.74. The molecule has 0 saturated carbocycles. The molecule has 0 aliphatic carbocycles. The van der Waals surface area contributed by atoms with Crippen molar-refractivity contribution in [2.75, 3.05) is 0 Å². The van der Waals surface area contributed by atoms with Crippen LogP contribution in [-0.2, 0) is 0 Å². The first-order valence-electron chi connectivity index (χ1n) is 7.86. The second kappa shape index (κ2) is 4.88. The van der Waals surface area contributed by atoms with Gasteiger partial charge in [-0.05, 0) is 56.6 Å². The van der Waals surface area contributed by atoms with Crippen LogP contribution in [0.1, 0.15) is 25.3 Å². The van der Waals surface area contributed by atoms with Crippen LogP contribution in [0.4, 0.5) is 0 Å². The first-order valence-corrected chi connectivity index (χ1v) is 7.86. The smallest absolute Gasteiger partial charge is 0.124 e. The molecule has 2 N–H and O–H groups in total. The molecule has 23 heavy (non-hydrogen) atoms. The number of phenols is 2. The summed E-state index contributed by atoms with van der Waals surface area (Å²) in [5.74, 6) is 0.944. The van der Waals surface area contributed by atoms with Gasteiger partial charge in [-0.25, -0.2) is 0 Å². The Balaban J connectivity index is 2.23. The predicted molar refractivity (Wildman–Crippen MR) is 96.4 cm³/mol. The lowest BCUT2D eigenvalue weighted by molar-refractivity contribution is 0.476. The van der Waals surface area contributed by atoms with Crippen molar-refractivity contribution in [2.45, 2.75) is 19.8 Å². The van der Waals surface area contributed by atoms with Gasteiger partial charge >= 0.3 is 0 Å². The lowest BCUT2D eigenvalue weighted by Gasteiger charge is -2.14. The van der Waals surface area contributed by atoms with Crippen molar-refractivity contribution in [3.63, 3.8) is 0 Å². The molecule has 0 amide bonds. The van der Waals surface area contributed by atoms with E-state index in [1.165, 1.54) is 5.56 Å². The number of rotatable bonds is 1. The largest absolute Gasteiger partial charge is 0.508 e. The molecule has 2 nitrogen and oxygen atoms in total. The summed E-state index contributed by atoms with van der Waals surface area (Å²) in [6.45, 7) is 4.32. The molecule has 4 rings (SSSR count). The maximum Gasteiger partial charge on any atom is 0.124 e. The second-order valence-electron chi connectivity index (χ2n) is 6.38. The van der Waals surface area contributed by atoms with Gasteiger partial charge in [0.25, 0.3) is 0 Å². The zero-order chi connectivity index (χ0) is 16.1. The summed E-state index contributed by atoms with van der Waals surface area (Å²) in [6.07, 6.45) is 0. The highest BCUT2D eigenvalue weighted by atomic mass is 16.3. The minimum absolute atomic E-state index is 0.255. The molecule has 0 atom stereocenters. The first kappa shape index (κ1) is 13.9. The fourth-order valence-electron chi connectivity index (χ4n) is 3.49. The van der Waals surface area contributed by atoms with Crippen molar-refractivity contribution in [1.82, 2.24) is 0 Å². The van der Waals surface area contributed by atoms with Gasteiger partial charge in [0, 0.05) is 5.39 Å². The molecule has 0 aliphatic heterocycles. The zero-order valence-electron chi connectivity index (χ0n) is 13.2. The van der Waals surface area contributed by atoms with Gasteiger partial charge < -0.3 is 10.2 Å². The van der Waals surface area contributed by atoms with Gasteiger partial charge in [0.05, 0.1) is 0 Å². The molecule has 0 heterocycles. The van der Waals surface area contributed by atoms with Crippen LogP contribution in [0, 0.1) is 0 Å². The van der Waals surface area contributed by atoms with E-state index in [-0.39, 0.29) is 5.75 Å². The molecule has 4 aromatic rings. The van der Waals surface area contributed by atoms with Crippen molar-refractivity contribution < 1.29 is 10.2 Å². The number of phenolic OH excluding ortho intramolecular Hbond substituents is 2. The number of hydrogen-bond acceptors (Lipinski definition) is 2. The lowest BCUT2D eigenvalue weighted by Crippen LogP contribution is -1.90. The summed E-state index contributed by atoms with van der Waals surface area (Å²) in [5.41, 5.74) is 1.23. The molecule has 0 radical (unpaired) electrons. The normalized spacial score (nSPS) is 11.8. The molecule has 0 bridgehead atoms. The molecule has 4 aromatic carbocycles. The number of aromatic hydroxyl groups is 2. The van der Waals surface area contributed by atoms with E-state index >= 15 is 0 Å². The first-order chi connectivity index (χ1) is 11.1. The molecular weight excluding hydrogens is 284 g/mol. The monoisotopic (exact) mass is 302 g/mol. The summed E-state index contributed by atoms with van der Waals surface area (Å²) in [6, 6.07) is 17.4. The number of hydrogen-bond donors (Lipinski definition) is 2. The van der Waals surface area contributed by atoms with E-state index in [1.807, 2.05) is 18.2 Å². The van der Waals surface area contributed by atoms with Crippen LogP contribution >= 0.6 is 0 Å². The van der Waals surface area contributed by atoms with Crippen LogP contribution < -0.4 is 0 Å². The van der Waals surface area contributed by atoms with E-state index in [1.54, 1.807) is 18.2 Å². The summed E-state index contributed by atoms with van der Waals surface area (Å²) < 4.78 is 0. The van der Waals surface area contributed by atoms with Crippen LogP contribution in [-0.4, -0.2) is 10.2 Å². The molecular formula is C21H18O2. The van der Waals surface area contributed by atoms with Gasteiger partial charge in [0.2, 0.25) is 0 Å². The SMILES string of the molecule is CC(C)c1ccc(O)c2c1ccc1c3cc(O)ccc3ccc12. The van der Waals surface area contributed by atoms with E-state index in [9.17, 15) is 10.2 Å².